The SMILES string of the molecule is CCc1cc(CNC(=O)N2CCN(C(C)C(F)(F)F)CC2)on1. The molecule has 0 spiro atoms. The van der Waals surface area contributed by atoms with Crippen molar-refractivity contribution in [3.63, 3.8) is 0 Å². The number of carbonyl (C=O) groups is 1. The molecule has 0 aliphatic carbocycles. The van der Waals surface area contributed by atoms with Crippen LogP contribution in [0.15, 0.2) is 10.6 Å². The molecule has 9 heteroatoms. The summed E-state index contributed by atoms with van der Waals surface area (Å²) in [6.07, 6.45) is -3.50. The Hall–Kier alpha value is -1.77. The quantitative estimate of drug-likeness (QED) is 0.915. The normalized spacial score (nSPS) is 18.0. The first-order chi connectivity index (χ1) is 10.8. The van der Waals surface area contributed by atoms with Crippen LogP contribution in [0, 0.1) is 0 Å². The molecule has 1 fully saturated rings. The molecule has 1 unspecified atom stereocenters. The summed E-state index contributed by atoms with van der Waals surface area (Å²) in [6, 6.07) is -0.0309. The van der Waals surface area contributed by atoms with E-state index in [0.29, 0.717) is 5.76 Å². The van der Waals surface area contributed by atoms with Gasteiger partial charge in [-0.2, -0.15) is 13.2 Å². The highest BCUT2D eigenvalue weighted by atomic mass is 19.4. The fourth-order valence-corrected chi connectivity index (χ4v) is 2.40. The number of hydrogen-bond donors (Lipinski definition) is 1. The van der Waals surface area contributed by atoms with Crippen molar-refractivity contribution in [2.24, 2.45) is 0 Å². The average Bonchev–Trinajstić information content (AvgIpc) is 2.99. The van der Waals surface area contributed by atoms with Crippen molar-refractivity contribution >= 4 is 6.03 Å². The third kappa shape index (κ3) is 4.60. The number of alkyl halides is 3. The van der Waals surface area contributed by atoms with E-state index in [1.54, 1.807) is 6.07 Å². The smallest absolute Gasteiger partial charge is 0.359 e. The molecular weight excluding hydrogens is 313 g/mol. The van der Waals surface area contributed by atoms with E-state index >= 15 is 0 Å². The lowest BCUT2D eigenvalue weighted by molar-refractivity contribution is -0.181. The second-order valence-electron chi connectivity index (χ2n) is 5.54. The molecule has 0 bridgehead atoms. The molecule has 0 radical (unpaired) electrons. The van der Waals surface area contributed by atoms with Crippen LogP contribution in [-0.4, -0.2) is 59.4 Å². The predicted octanol–water partition coefficient (Wildman–Crippen LogP) is 2.02. The number of halogens is 3. The lowest BCUT2D eigenvalue weighted by atomic mass is 10.2. The number of nitrogens with one attached hydrogen (secondary N) is 1. The van der Waals surface area contributed by atoms with E-state index in [4.69, 9.17) is 4.52 Å². The molecule has 1 saturated heterocycles. The van der Waals surface area contributed by atoms with E-state index in [1.807, 2.05) is 6.92 Å². The lowest BCUT2D eigenvalue weighted by Crippen LogP contribution is -2.56. The molecule has 2 rings (SSSR count). The highest BCUT2D eigenvalue weighted by molar-refractivity contribution is 5.74. The van der Waals surface area contributed by atoms with Crippen molar-refractivity contribution in [2.75, 3.05) is 26.2 Å². The van der Waals surface area contributed by atoms with Gasteiger partial charge in [0.1, 0.15) is 6.04 Å². The van der Waals surface area contributed by atoms with Gasteiger partial charge in [0.2, 0.25) is 0 Å². The Morgan fingerprint density at radius 2 is 2.04 bits per heavy atom. The van der Waals surface area contributed by atoms with E-state index in [2.05, 4.69) is 10.5 Å². The highest BCUT2D eigenvalue weighted by Gasteiger charge is 2.41. The zero-order valence-electron chi connectivity index (χ0n) is 13.2. The van der Waals surface area contributed by atoms with Crippen LogP contribution in [0.5, 0.6) is 0 Å². The molecule has 1 N–H and O–H groups in total. The summed E-state index contributed by atoms with van der Waals surface area (Å²) in [5.41, 5.74) is 0.809. The van der Waals surface area contributed by atoms with Gasteiger partial charge >= 0.3 is 12.2 Å². The predicted molar refractivity (Wildman–Crippen MR) is 76.8 cm³/mol. The van der Waals surface area contributed by atoms with Gasteiger partial charge in [0.25, 0.3) is 0 Å². The molecular formula is C14H21F3N4O2. The summed E-state index contributed by atoms with van der Waals surface area (Å²) < 4.78 is 43.1. The zero-order chi connectivity index (χ0) is 17.0. The Kier molecular flexibility index (Phi) is 5.51. The standard InChI is InChI=1S/C14H21F3N4O2/c1-3-11-8-12(23-19-11)9-18-13(22)21-6-4-20(5-7-21)10(2)14(15,16)17/h8,10H,3-7,9H2,1-2H3,(H,18,22). The van der Waals surface area contributed by atoms with Gasteiger partial charge in [0.15, 0.2) is 5.76 Å². The molecule has 1 atom stereocenters. The number of nitrogens with zero attached hydrogens (tertiary/aromatic N) is 3. The first-order valence-electron chi connectivity index (χ1n) is 7.59. The number of rotatable bonds is 4. The fraction of sp³-hybridized carbons (Fsp3) is 0.714. The molecule has 1 aromatic heterocycles. The lowest BCUT2D eigenvalue weighted by Gasteiger charge is -2.38. The first kappa shape index (κ1) is 17.6. The molecule has 23 heavy (non-hydrogen) atoms. The van der Waals surface area contributed by atoms with Crippen LogP contribution in [0.1, 0.15) is 25.3 Å². The maximum atomic E-state index is 12.7. The minimum atomic E-state index is -4.24. The van der Waals surface area contributed by atoms with E-state index < -0.39 is 12.2 Å². The van der Waals surface area contributed by atoms with Gasteiger partial charge < -0.3 is 14.7 Å². The van der Waals surface area contributed by atoms with Crippen LogP contribution >= 0.6 is 0 Å². The molecule has 1 aliphatic rings. The van der Waals surface area contributed by atoms with E-state index in [1.165, 1.54) is 9.80 Å². The summed E-state index contributed by atoms with van der Waals surface area (Å²) >= 11 is 0. The van der Waals surface area contributed by atoms with Gasteiger partial charge in [-0.1, -0.05) is 12.1 Å². The molecule has 130 valence electrons. The van der Waals surface area contributed by atoms with E-state index in [-0.39, 0.29) is 38.8 Å². The van der Waals surface area contributed by atoms with Gasteiger partial charge in [0.05, 0.1) is 12.2 Å². The molecule has 1 aliphatic heterocycles. The summed E-state index contributed by atoms with van der Waals surface area (Å²) in [7, 11) is 0. The van der Waals surface area contributed by atoms with Gasteiger partial charge in [0, 0.05) is 32.2 Å². The van der Waals surface area contributed by atoms with E-state index in [9.17, 15) is 18.0 Å². The third-order valence-electron chi connectivity index (χ3n) is 4.01. The monoisotopic (exact) mass is 334 g/mol. The first-order valence-corrected chi connectivity index (χ1v) is 7.59. The van der Waals surface area contributed by atoms with Crippen LogP contribution in [0.25, 0.3) is 0 Å². The minimum Gasteiger partial charge on any atom is -0.359 e. The van der Waals surface area contributed by atoms with Gasteiger partial charge in [-0.05, 0) is 13.3 Å². The van der Waals surface area contributed by atoms with Crippen molar-refractivity contribution in [1.29, 1.82) is 0 Å². The van der Waals surface area contributed by atoms with Gasteiger partial charge in [-0.3, -0.25) is 4.90 Å². The van der Waals surface area contributed by atoms with E-state index in [0.717, 1.165) is 19.0 Å². The van der Waals surface area contributed by atoms with Crippen LogP contribution in [0.3, 0.4) is 0 Å². The third-order valence-corrected chi connectivity index (χ3v) is 4.01. The Bertz CT molecular complexity index is 524. The maximum absolute atomic E-state index is 12.7. The van der Waals surface area contributed by atoms with Crippen molar-refractivity contribution in [2.45, 2.75) is 39.0 Å². The molecule has 2 heterocycles. The van der Waals surface area contributed by atoms with Crippen LogP contribution < -0.4 is 5.32 Å². The summed E-state index contributed by atoms with van der Waals surface area (Å²) in [6.45, 7) is 4.25. The Balaban J connectivity index is 1.77. The van der Waals surface area contributed by atoms with Crippen LogP contribution in [0.4, 0.5) is 18.0 Å². The molecule has 1 aromatic rings. The Morgan fingerprint density at radius 1 is 1.39 bits per heavy atom. The number of urea groups is 1. The topological polar surface area (TPSA) is 61.6 Å². The van der Waals surface area contributed by atoms with Crippen molar-refractivity contribution < 1.29 is 22.5 Å². The number of aromatic nitrogens is 1. The van der Waals surface area contributed by atoms with Gasteiger partial charge in [-0.15, -0.1) is 0 Å². The Morgan fingerprint density at radius 3 is 2.57 bits per heavy atom. The van der Waals surface area contributed by atoms with Crippen molar-refractivity contribution in [1.82, 2.24) is 20.3 Å². The number of aryl methyl sites for hydroxylation is 1. The number of amides is 2. The van der Waals surface area contributed by atoms with Crippen molar-refractivity contribution in [3.05, 3.63) is 17.5 Å². The van der Waals surface area contributed by atoms with Gasteiger partial charge in [-0.25, -0.2) is 4.79 Å². The van der Waals surface area contributed by atoms with Crippen LogP contribution in [0.2, 0.25) is 0 Å². The highest BCUT2D eigenvalue weighted by Crippen LogP contribution is 2.25. The second-order valence-corrected chi connectivity index (χ2v) is 5.54. The van der Waals surface area contributed by atoms with Crippen LogP contribution in [-0.2, 0) is 13.0 Å². The maximum Gasteiger partial charge on any atom is 0.403 e. The molecule has 0 saturated carbocycles. The summed E-state index contributed by atoms with van der Waals surface area (Å²) in [5, 5.41) is 6.52. The molecule has 6 nitrogen and oxygen atoms in total. The number of carbonyl (C=O) groups excluding carboxylic acids is 1. The largest absolute Gasteiger partial charge is 0.403 e. The fourth-order valence-electron chi connectivity index (χ4n) is 2.40. The molecule has 2 amide bonds. The minimum absolute atomic E-state index is 0.205. The Labute approximate surface area is 132 Å². The van der Waals surface area contributed by atoms with Crippen molar-refractivity contribution in [3.8, 4) is 0 Å². The zero-order valence-corrected chi connectivity index (χ0v) is 13.2. The number of piperazine rings is 1. The summed E-state index contributed by atoms with van der Waals surface area (Å²) in [4.78, 5) is 14.9. The number of hydrogen-bond acceptors (Lipinski definition) is 4. The average molecular weight is 334 g/mol. The molecule has 0 aromatic carbocycles. The summed E-state index contributed by atoms with van der Waals surface area (Å²) in [5.74, 6) is 0.555. The second kappa shape index (κ2) is 7.20.